The number of hydrogen-bond donors (Lipinski definition) is 2. The average Bonchev–Trinajstić information content (AvgIpc) is 2.53. The summed E-state index contributed by atoms with van der Waals surface area (Å²) in [6.45, 7) is 3.97. The summed E-state index contributed by atoms with van der Waals surface area (Å²) in [4.78, 5) is 23.1. The number of carbonyl (C=O) groups is 2. The number of esters is 1. The molecule has 1 amide bonds. The molecular weight excluding hydrogens is 300 g/mol. The SMILES string of the molecule is CCC(C)C(N)C(=O)Nc1cccc(CSCC(=O)OC)c1. The fraction of sp³-hybridized carbons (Fsp3) is 0.500. The number of thioether (sulfide) groups is 1. The third-order valence-electron chi connectivity index (χ3n) is 3.47. The third-order valence-corrected chi connectivity index (χ3v) is 4.45. The number of benzene rings is 1. The number of carbonyl (C=O) groups excluding carboxylic acids is 2. The van der Waals surface area contributed by atoms with E-state index in [0.717, 1.165) is 17.7 Å². The van der Waals surface area contributed by atoms with Gasteiger partial charge in [-0.1, -0.05) is 32.4 Å². The first-order valence-corrected chi connectivity index (χ1v) is 8.43. The van der Waals surface area contributed by atoms with E-state index in [-0.39, 0.29) is 17.8 Å². The molecule has 3 N–H and O–H groups in total. The van der Waals surface area contributed by atoms with Crippen molar-refractivity contribution in [2.75, 3.05) is 18.2 Å². The minimum atomic E-state index is -0.512. The van der Waals surface area contributed by atoms with Crippen LogP contribution in [0.5, 0.6) is 0 Å². The van der Waals surface area contributed by atoms with Crippen LogP contribution in [0.3, 0.4) is 0 Å². The molecule has 0 bridgehead atoms. The molecule has 0 aliphatic rings. The van der Waals surface area contributed by atoms with Gasteiger partial charge in [0, 0.05) is 11.4 Å². The Kier molecular flexibility index (Phi) is 7.98. The molecule has 6 heteroatoms. The van der Waals surface area contributed by atoms with Gasteiger partial charge < -0.3 is 15.8 Å². The largest absolute Gasteiger partial charge is 0.468 e. The molecule has 2 atom stereocenters. The van der Waals surface area contributed by atoms with E-state index < -0.39 is 6.04 Å². The van der Waals surface area contributed by atoms with E-state index in [1.54, 1.807) is 0 Å². The van der Waals surface area contributed by atoms with E-state index >= 15 is 0 Å². The highest BCUT2D eigenvalue weighted by molar-refractivity contribution is 7.99. The van der Waals surface area contributed by atoms with Crippen LogP contribution < -0.4 is 11.1 Å². The van der Waals surface area contributed by atoms with Crippen molar-refractivity contribution >= 4 is 29.3 Å². The second-order valence-electron chi connectivity index (χ2n) is 5.17. The van der Waals surface area contributed by atoms with Crippen LogP contribution in [0.1, 0.15) is 25.8 Å². The number of anilines is 1. The Hall–Kier alpha value is -1.53. The first kappa shape index (κ1) is 18.5. The topological polar surface area (TPSA) is 81.4 Å². The van der Waals surface area contributed by atoms with Gasteiger partial charge in [0.25, 0.3) is 0 Å². The van der Waals surface area contributed by atoms with Crippen molar-refractivity contribution in [3.05, 3.63) is 29.8 Å². The van der Waals surface area contributed by atoms with Gasteiger partial charge in [0.2, 0.25) is 5.91 Å². The van der Waals surface area contributed by atoms with Crippen molar-refractivity contribution in [2.24, 2.45) is 11.7 Å². The molecule has 0 aromatic heterocycles. The zero-order chi connectivity index (χ0) is 16.5. The van der Waals surface area contributed by atoms with Crippen LogP contribution in [-0.4, -0.2) is 30.8 Å². The lowest BCUT2D eigenvalue weighted by Gasteiger charge is -2.18. The number of rotatable bonds is 8. The molecule has 2 unspecified atom stereocenters. The molecule has 0 aliphatic carbocycles. The van der Waals surface area contributed by atoms with Gasteiger partial charge in [0.1, 0.15) is 0 Å². The molecule has 0 radical (unpaired) electrons. The fourth-order valence-electron chi connectivity index (χ4n) is 1.79. The van der Waals surface area contributed by atoms with Crippen molar-refractivity contribution in [2.45, 2.75) is 32.1 Å². The molecule has 1 rings (SSSR count). The second-order valence-corrected chi connectivity index (χ2v) is 6.16. The summed E-state index contributed by atoms with van der Waals surface area (Å²) in [7, 11) is 1.37. The van der Waals surface area contributed by atoms with Crippen molar-refractivity contribution in [3.8, 4) is 0 Å². The quantitative estimate of drug-likeness (QED) is 0.718. The van der Waals surface area contributed by atoms with Crippen LogP contribution >= 0.6 is 11.8 Å². The summed E-state index contributed by atoms with van der Waals surface area (Å²) >= 11 is 1.47. The van der Waals surface area contributed by atoms with Gasteiger partial charge in [-0.15, -0.1) is 11.8 Å². The summed E-state index contributed by atoms with van der Waals surface area (Å²) < 4.78 is 4.59. The van der Waals surface area contributed by atoms with Crippen LogP contribution in [0.4, 0.5) is 5.69 Å². The van der Waals surface area contributed by atoms with Crippen molar-refractivity contribution in [3.63, 3.8) is 0 Å². The van der Waals surface area contributed by atoms with Gasteiger partial charge in [-0.25, -0.2) is 0 Å². The lowest BCUT2D eigenvalue weighted by Crippen LogP contribution is -2.40. The van der Waals surface area contributed by atoms with Crippen LogP contribution in [0.25, 0.3) is 0 Å². The maximum atomic E-state index is 12.1. The molecule has 0 saturated carbocycles. The molecular formula is C16H24N2O3S. The van der Waals surface area contributed by atoms with Crippen molar-refractivity contribution in [1.82, 2.24) is 0 Å². The highest BCUT2D eigenvalue weighted by Crippen LogP contribution is 2.17. The van der Waals surface area contributed by atoms with Crippen LogP contribution in [0.15, 0.2) is 24.3 Å². The Morgan fingerprint density at radius 1 is 1.41 bits per heavy atom. The third kappa shape index (κ3) is 6.07. The number of nitrogens with one attached hydrogen (secondary N) is 1. The Labute approximate surface area is 136 Å². The summed E-state index contributed by atoms with van der Waals surface area (Å²) in [5.41, 5.74) is 7.67. The van der Waals surface area contributed by atoms with Crippen LogP contribution in [-0.2, 0) is 20.1 Å². The number of nitrogens with two attached hydrogens (primary N) is 1. The lowest BCUT2D eigenvalue weighted by atomic mass is 9.99. The number of hydrogen-bond acceptors (Lipinski definition) is 5. The van der Waals surface area contributed by atoms with Crippen LogP contribution in [0, 0.1) is 5.92 Å². The van der Waals surface area contributed by atoms with E-state index in [9.17, 15) is 9.59 Å². The predicted molar refractivity (Wildman–Crippen MR) is 90.7 cm³/mol. The molecule has 122 valence electrons. The number of amides is 1. The highest BCUT2D eigenvalue weighted by atomic mass is 32.2. The summed E-state index contributed by atoms with van der Waals surface area (Å²) in [5.74, 6) is 0.712. The predicted octanol–water partition coefficient (Wildman–Crippen LogP) is 2.40. The molecule has 0 heterocycles. The maximum Gasteiger partial charge on any atom is 0.315 e. The zero-order valence-corrected chi connectivity index (χ0v) is 14.1. The Balaban J connectivity index is 2.57. The van der Waals surface area contributed by atoms with Gasteiger partial charge in [0.05, 0.1) is 18.9 Å². The minimum Gasteiger partial charge on any atom is -0.468 e. The minimum absolute atomic E-state index is 0.138. The molecule has 0 spiro atoms. The normalized spacial score (nSPS) is 13.3. The monoisotopic (exact) mass is 324 g/mol. The standard InChI is InChI=1S/C16H24N2O3S/c1-4-11(2)15(17)16(20)18-13-7-5-6-12(8-13)9-22-10-14(19)21-3/h5-8,11,15H,4,9-10,17H2,1-3H3,(H,18,20). The molecule has 22 heavy (non-hydrogen) atoms. The first-order chi connectivity index (χ1) is 10.5. The van der Waals surface area contributed by atoms with Crippen molar-refractivity contribution < 1.29 is 14.3 Å². The number of ether oxygens (including phenoxy) is 1. The molecule has 0 fully saturated rings. The molecule has 0 aliphatic heterocycles. The van der Waals surface area contributed by atoms with Crippen molar-refractivity contribution in [1.29, 1.82) is 0 Å². The summed E-state index contributed by atoms with van der Waals surface area (Å²) in [6, 6.07) is 7.04. The Morgan fingerprint density at radius 3 is 2.77 bits per heavy atom. The van der Waals surface area contributed by atoms with Crippen LogP contribution in [0.2, 0.25) is 0 Å². The summed E-state index contributed by atoms with van der Waals surface area (Å²) in [6.07, 6.45) is 0.860. The molecule has 5 nitrogen and oxygen atoms in total. The maximum absolute atomic E-state index is 12.1. The fourth-order valence-corrected chi connectivity index (χ4v) is 2.59. The molecule has 0 saturated heterocycles. The highest BCUT2D eigenvalue weighted by Gasteiger charge is 2.19. The van der Waals surface area contributed by atoms with Gasteiger partial charge >= 0.3 is 5.97 Å². The molecule has 1 aromatic rings. The lowest BCUT2D eigenvalue weighted by molar-refractivity contribution is -0.137. The van der Waals surface area contributed by atoms with Gasteiger partial charge in [-0.3, -0.25) is 9.59 Å². The number of methoxy groups -OCH3 is 1. The first-order valence-electron chi connectivity index (χ1n) is 7.27. The van der Waals surface area contributed by atoms with Gasteiger partial charge in [-0.05, 0) is 23.6 Å². The smallest absolute Gasteiger partial charge is 0.315 e. The van der Waals surface area contributed by atoms with E-state index in [1.807, 2.05) is 38.1 Å². The Bertz CT molecular complexity index is 508. The van der Waals surface area contributed by atoms with E-state index in [2.05, 4.69) is 10.1 Å². The second kappa shape index (κ2) is 9.48. The zero-order valence-electron chi connectivity index (χ0n) is 13.3. The average molecular weight is 324 g/mol. The van der Waals surface area contributed by atoms with E-state index in [1.165, 1.54) is 18.9 Å². The van der Waals surface area contributed by atoms with E-state index in [0.29, 0.717) is 11.5 Å². The van der Waals surface area contributed by atoms with Gasteiger partial charge in [-0.2, -0.15) is 0 Å². The molecule has 1 aromatic carbocycles. The van der Waals surface area contributed by atoms with E-state index in [4.69, 9.17) is 5.73 Å². The summed E-state index contributed by atoms with van der Waals surface area (Å²) in [5, 5.41) is 2.84. The van der Waals surface area contributed by atoms with Gasteiger partial charge in [0.15, 0.2) is 0 Å². The Morgan fingerprint density at radius 2 is 2.14 bits per heavy atom.